The topological polar surface area (TPSA) is 81.8 Å². The molecule has 0 aliphatic heterocycles. The number of hydrogen-bond donors (Lipinski definition) is 2. The van der Waals surface area contributed by atoms with E-state index in [1.54, 1.807) is 0 Å². The lowest BCUT2D eigenvalue weighted by atomic mass is 10.1. The van der Waals surface area contributed by atoms with Gasteiger partial charge in [0.15, 0.2) is 0 Å². The lowest BCUT2D eigenvalue weighted by Crippen LogP contribution is -2.08. The number of hydrogen-bond acceptors (Lipinski definition) is 4. The molecule has 0 aliphatic rings. The molecule has 3 N–H and O–H groups in total. The van der Waals surface area contributed by atoms with Crippen LogP contribution in [0.4, 0.5) is 0 Å². The molecule has 134 valence electrons. The number of phosphoric ester groups is 1. The van der Waals surface area contributed by atoms with Crippen molar-refractivity contribution in [1.82, 2.24) is 0 Å². The third-order valence-electron chi connectivity index (χ3n) is 3.62. The van der Waals surface area contributed by atoms with Gasteiger partial charge in [0, 0.05) is 6.54 Å². The molecular weight excluding hydrogens is 301 g/mol. The van der Waals surface area contributed by atoms with Gasteiger partial charge in [0.25, 0.3) is 0 Å². The van der Waals surface area contributed by atoms with E-state index in [4.69, 9.17) is 10.3 Å². The van der Waals surface area contributed by atoms with Crippen LogP contribution in [-0.4, -0.2) is 24.7 Å². The molecule has 1 atom stereocenters. The molecule has 0 spiro atoms. The predicted molar refractivity (Wildman–Crippen MR) is 91.9 cm³/mol. The first-order valence-corrected chi connectivity index (χ1v) is 10.4. The van der Waals surface area contributed by atoms with Crippen LogP contribution in [0.15, 0.2) is 0 Å². The van der Waals surface area contributed by atoms with Crippen molar-refractivity contribution in [2.45, 2.75) is 84.0 Å². The molecule has 0 bridgehead atoms. The smallest absolute Gasteiger partial charge is 0.328 e. The Bertz CT molecular complexity index is 277. The Morgan fingerprint density at radius 1 is 0.773 bits per heavy atom. The summed E-state index contributed by atoms with van der Waals surface area (Å²) in [6, 6.07) is 0. The molecule has 0 rings (SSSR count). The maximum absolute atomic E-state index is 11.3. The highest BCUT2D eigenvalue weighted by molar-refractivity contribution is 7.47. The fourth-order valence-electron chi connectivity index (χ4n) is 2.33. The molecule has 0 aromatic carbocycles. The molecule has 0 fully saturated rings. The van der Waals surface area contributed by atoms with Crippen LogP contribution >= 0.6 is 7.82 Å². The lowest BCUT2D eigenvalue weighted by molar-refractivity contribution is 0.150. The Balaban J connectivity index is 3.19. The fourth-order valence-corrected chi connectivity index (χ4v) is 3.10. The summed E-state index contributed by atoms with van der Waals surface area (Å²) in [6.45, 7) is 2.78. The summed E-state index contributed by atoms with van der Waals surface area (Å²) in [5.74, 6) is 0. The zero-order valence-corrected chi connectivity index (χ0v) is 15.2. The average Bonchev–Trinajstić information content (AvgIpc) is 2.50. The van der Waals surface area contributed by atoms with Gasteiger partial charge in [-0.2, -0.15) is 0 Å². The van der Waals surface area contributed by atoms with Crippen molar-refractivity contribution in [3.8, 4) is 0 Å². The van der Waals surface area contributed by atoms with Gasteiger partial charge in [0.05, 0.1) is 13.2 Å². The molecule has 0 amide bonds. The molecule has 5 nitrogen and oxygen atoms in total. The highest BCUT2D eigenvalue weighted by atomic mass is 31.2. The molecular formula is C16H36NO4P. The summed E-state index contributed by atoms with van der Waals surface area (Å²) in [7, 11) is -3.87. The Morgan fingerprint density at radius 2 is 1.18 bits per heavy atom. The zero-order valence-electron chi connectivity index (χ0n) is 14.3. The first-order valence-electron chi connectivity index (χ1n) is 8.94. The highest BCUT2D eigenvalue weighted by Gasteiger charge is 2.19. The lowest BCUT2D eigenvalue weighted by Gasteiger charge is -2.11. The average molecular weight is 337 g/mol. The number of unbranched alkanes of at least 4 members (excludes halogenated alkanes) is 11. The second-order valence-electron chi connectivity index (χ2n) is 5.81. The van der Waals surface area contributed by atoms with E-state index in [1.807, 2.05) is 0 Å². The van der Waals surface area contributed by atoms with E-state index in [1.165, 1.54) is 64.2 Å². The number of rotatable bonds is 17. The van der Waals surface area contributed by atoms with Crippen molar-refractivity contribution < 1.29 is 18.5 Å². The minimum absolute atomic E-state index is 0.0478. The van der Waals surface area contributed by atoms with Crippen molar-refractivity contribution >= 4 is 7.82 Å². The number of phosphoric acid groups is 1. The van der Waals surface area contributed by atoms with Gasteiger partial charge in [-0.05, 0) is 6.42 Å². The molecule has 0 radical (unpaired) electrons. The third-order valence-corrected chi connectivity index (χ3v) is 4.64. The van der Waals surface area contributed by atoms with Crippen molar-refractivity contribution in [3.05, 3.63) is 0 Å². The van der Waals surface area contributed by atoms with Gasteiger partial charge in [-0.25, -0.2) is 4.57 Å². The second kappa shape index (κ2) is 15.9. The van der Waals surface area contributed by atoms with E-state index >= 15 is 0 Å². The normalized spacial score (nSPS) is 14.1. The van der Waals surface area contributed by atoms with Crippen LogP contribution in [0.2, 0.25) is 0 Å². The summed E-state index contributed by atoms with van der Waals surface area (Å²) >= 11 is 0. The summed E-state index contributed by atoms with van der Waals surface area (Å²) in [4.78, 5) is 9.28. The SMILES string of the molecule is CCCCCCCCCCCCCCOP(=O)(O)OCCN. The van der Waals surface area contributed by atoms with Crippen molar-refractivity contribution in [2.75, 3.05) is 19.8 Å². The molecule has 0 saturated heterocycles. The van der Waals surface area contributed by atoms with Crippen LogP contribution in [0.5, 0.6) is 0 Å². The molecule has 22 heavy (non-hydrogen) atoms. The van der Waals surface area contributed by atoms with Crippen LogP contribution in [0, 0.1) is 0 Å². The van der Waals surface area contributed by atoms with E-state index in [-0.39, 0.29) is 19.8 Å². The van der Waals surface area contributed by atoms with Gasteiger partial charge in [-0.3, -0.25) is 9.05 Å². The van der Waals surface area contributed by atoms with E-state index in [0.717, 1.165) is 12.8 Å². The van der Waals surface area contributed by atoms with Crippen LogP contribution in [0.3, 0.4) is 0 Å². The molecule has 0 aromatic heterocycles. The van der Waals surface area contributed by atoms with E-state index in [2.05, 4.69) is 11.4 Å². The van der Waals surface area contributed by atoms with Gasteiger partial charge in [-0.15, -0.1) is 0 Å². The van der Waals surface area contributed by atoms with Gasteiger partial charge >= 0.3 is 7.82 Å². The Hall–Kier alpha value is 0.0700. The summed E-state index contributed by atoms with van der Waals surface area (Å²) < 4.78 is 20.8. The number of nitrogens with two attached hydrogens (primary N) is 1. The largest absolute Gasteiger partial charge is 0.472 e. The maximum Gasteiger partial charge on any atom is 0.472 e. The standard InChI is InChI=1S/C16H36NO4P/c1-2-3-4-5-6-7-8-9-10-11-12-13-15-20-22(18,19)21-16-14-17/h2-17H2,1H3,(H,18,19). The minimum atomic E-state index is -3.87. The summed E-state index contributed by atoms with van der Waals surface area (Å²) in [5, 5.41) is 0. The van der Waals surface area contributed by atoms with Crippen LogP contribution in [-0.2, 0) is 13.6 Å². The molecule has 0 aromatic rings. The first-order chi connectivity index (χ1) is 10.6. The van der Waals surface area contributed by atoms with Crippen LogP contribution in [0.1, 0.15) is 84.0 Å². The van der Waals surface area contributed by atoms with Crippen molar-refractivity contribution in [1.29, 1.82) is 0 Å². The van der Waals surface area contributed by atoms with Gasteiger partial charge in [-0.1, -0.05) is 77.6 Å². The van der Waals surface area contributed by atoms with Gasteiger partial charge in [0.2, 0.25) is 0 Å². The minimum Gasteiger partial charge on any atom is -0.328 e. The molecule has 6 heteroatoms. The van der Waals surface area contributed by atoms with Crippen LogP contribution < -0.4 is 5.73 Å². The zero-order chi connectivity index (χ0) is 16.5. The molecule has 0 aliphatic carbocycles. The molecule has 0 heterocycles. The van der Waals surface area contributed by atoms with E-state index in [9.17, 15) is 9.46 Å². The van der Waals surface area contributed by atoms with Crippen molar-refractivity contribution in [2.24, 2.45) is 5.73 Å². The van der Waals surface area contributed by atoms with Gasteiger partial charge < -0.3 is 10.6 Å². The predicted octanol–water partition coefficient (Wildman–Crippen LogP) is 4.78. The monoisotopic (exact) mass is 337 g/mol. The van der Waals surface area contributed by atoms with Crippen molar-refractivity contribution in [3.63, 3.8) is 0 Å². The second-order valence-corrected chi connectivity index (χ2v) is 7.27. The Morgan fingerprint density at radius 3 is 1.64 bits per heavy atom. The quantitative estimate of drug-likeness (QED) is 0.295. The fraction of sp³-hybridized carbons (Fsp3) is 1.00. The first kappa shape index (κ1) is 22.1. The summed E-state index contributed by atoms with van der Waals surface area (Å²) in [5.41, 5.74) is 5.20. The summed E-state index contributed by atoms with van der Waals surface area (Å²) in [6.07, 6.45) is 15.1. The van der Waals surface area contributed by atoms with Gasteiger partial charge in [0.1, 0.15) is 0 Å². The Labute approximate surface area is 136 Å². The van der Waals surface area contributed by atoms with E-state index in [0.29, 0.717) is 0 Å². The van der Waals surface area contributed by atoms with Crippen LogP contribution in [0.25, 0.3) is 0 Å². The maximum atomic E-state index is 11.3. The van der Waals surface area contributed by atoms with E-state index < -0.39 is 7.82 Å². The molecule has 0 saturated carbocycles. The third kappa shape index (κ3) is 16.4. The molecule has 1 unspecified atom stereocenters. The highest BCUT2D eigenvalue weighted by Crippen LogP contribution is 2.42. The Kier molecular flexibility index (Phi) is 16.0.